The summed E-state index contributed by atoms with van der Waals surface area (Å²) in [5, 5.41) is 30.9. The van der Waals surface area contributed by atoms with Crippen LogP contribution in [0.2, 0.25) is 0 Å². The summed E-state index contributed by atoms with van der Waals surface area (Å²) in [5.41, 5.74) is 0. The topological polar surface area (TPSA) is 115 Å². The van der Waals surface area contributed by atoms with Gasteiger partial charge in [-0.2, -0.15) is 0 Å². The molecule has 0 aliphatic heterocycles. The van der Waals surface area contributed by atoms with Crippen LogP contribution in [0.5, 0.6) is 0 Å². The van der Waals surface area contributed by atoms with Crippen molar-refractivity contribution in [1.82, 2.24) is 0 Å². The highest BCUT2D eigenvalue weighted by Crippen LogP contribution is 2.27. The first-order valence-corrected chi connectivity index (χ1v) is 15.7. The molecule has 224 valence electrons. The van der Waals surface area contributed by atoms with Crippen molar-refractivity contribution in [2.24, 2.45) is 0 Å². The molecule has 3 atom stereocenters. The standard InChI is InChI=1S/C31H59NO6/c1-5-6-7-8-9-10-11-12-13-14-15-16-17-18-19-20-21-22-23-24-25-32(26(2)29(33)34,27(3)30(35)36)28(4)31(37)38/h26-28H,5-25H2,1-4H3,(H2-,33,34,35,36,37,38). The van der Waals surface area contributed by atoms with Crippen molar-refractivity contribution in [1.29, 1.82) is 0 Å². The van der Waals surface area contributed by atoms with E-state index in [0.29, 0.717) is 6.42 Å². The van der Waals surface area contributed by atoms with Gasteiger partial charge in [-0.05, 0) is 33.6 Å². The van der Waals surface area contributed by atoms with Crippen LogP contribution >= 0.6 is 0 Å². The molecule has 2 N–H and O–H groups in total. The number of carbonyl (C=O) groups excluding carboxylic acids is 1. The van der Waals surface area contributed by atoms with Crippen molar-refractivity contribution in [3.8, 4) is 0 Å². The molecular formula is C31H59NO6. The molecule has 0 aliphatic carbocycles. The summed E-state index contributed by atoms with van der Waals surface area (Å²) in [4.78, 5) is 35.3. The molecule has 3 unspecified atom stereocenters. The lowest BCUT2D eigenvalue weighted by Crippen LogP contribution is -2.72. The summed E-state index contributed by atoms with van der Waals surface area (Å²) in [6.07, 6.45) is 25.1. The van der Waals surface area contributed by atoms with Gasteiger partial charge in [0.25, 0.3) is 0 Å². The number of hydrogen-bond acceptors (Lipinski definition) is 4. The van der Waals surface area contributed by atoms with Gasteiger partial charge >= 0.3 is 11.9 Å². The Morgan fingerprint density at radius 1 is 0.526 bits per heavy atom. The van der Waals surface area contributed by atoms with Gasteiger partial charge in [-0.1, -0.05) is 122 Å². The van der Waals surface area contributed by atoms with Crippen molar-refractivity contribution in [3.63, 3.8) is 0 Å². The summed E-state index contributed by atoms with van der Waals surface area (Å²) >= 11 is 0. The third kappa shape index (κ3) is 14.5. The van der Waals surface area contributed by atoms with Gasteiger partial charge in [0.15, 0.2) is 12.1 Å². The Kier molecular flexibility index (Phi) is 21.3. The van der Waals surface area contributed by atoms with Crippen molar-refractivity contribution in [2.75, 3.05) is 6.54 Å². The highest BCUT2D eigenvalue weighted by Gasteiger charge is 2.50. The van der Waals surface area contributed by atoms with Crippen molar-refractivity contribution < 1.29 is 34.2 Å². The van der Waals surface area contributed by atoms with Crippen LogP contribution in [0.25, 0.3) is 0 Å². The molecule has 0 spiro atoms. The van der Waals surface area contributed by atoms with Gasteiger partial charge in [0, 0.05) is 0 Å². The van der Waals surface area contributed by atoms with Crippen LogP contribution in [-0.2, 0) is 14.4 Å². The normalized spacial score (nSPS) is 15.5. The zero-order valence-corrected chi connectivity index (χ0v) is 25.1. The molecule has 0 aromatic carbocycles. The predicted molar refractivity (Wildman–Crippen MR) is 152 cm³/mol. The maximum Gasteiger partial charge on any atom is 0.362 e. The molecule has 7 heteroatoms. The van der Waals surface area contributed by atoms with E-state index in [2.05, 4.69) is 6.92 Å². The Morgan fingerprint density at radius 2 is 0.789 bits per heavy atom. The molecule has 0 saturated heterocycles. The second-order valence-electron chi connectivity index (χ2n) is 11.5. The molecule has 7 nitrogen and oxygen atoms in total. The zero-order valence-electron chi connectivity index (χ0n) is 25.1. The molecular weight excluding hydrogens is 482 g/mol. The number of aliphatic carboxylic acids is 3. The van der Waals surface area contributed by atoms with Crippen LogP contribution in [0.1, 0.15) is 156 Å². The van der Waals surface area contributed by atoms with Gasteiger partial charge < -0.3 is 20.1 Å². The Bertz CT molecular complexity index is 588. The summed E-state index contributed by atoms with van der Waals surface area (Å²) in [5.74, 6) is -3.81. The van der Waals surface area contributed by atoms with Gasteiger partial charge in [0.1, 0.15) is 6.04 Å². The van der Waals surface area contributed by atoms with Gasteiger partial charge in [-0.3, -0.25) is 4.48 Å². The highest BCUT2D eigenvalue weighted by atomic mass is 16.4. The lowest BCUT2D eigenvalue weighted by atomic mass is 9.99. The predicted octanol–water partition coefficient (Wildman–Crippen LogP) is 6.71. The average molecular weight is 542 g/mol. The van der Waals surface area contributed by atoms with Crippen LogP contribution in [0.3, 0.4) is 0 Å². The molecule has 0 fully saturated rings. The fraction of sp³-hybridized carbons (Fsp3) is 0.903. The first-order chi connectivity index (χ1) is 18.1. The van der Waals surface area contributed by atoms with E-state index < -0.39 is 40.5 Å². The maximum atomic E-state index is 11.8. The minimum absolute atomic E-state index is 0.190. The van der Waals surface area contributed by atoms with Crippen molar-refractivity contribution in [3.05, 3.63) is 0 Å². The molecule has 0 bridgehead atoms. The van der Waals surface area contributed by atoms with E-state index in [9.17, 15) is 29.7 Å². The molecule has 0 amide bonds. The van der Waals surface area contributed by atoms with Crippen molar-refractivity contribution in [2.45, 2.75) is 174 Å². The summed E-state index contributed by atoms with van der Waals surface area (Å²) in [7, 11) is 0. The van der Waals surface area contributed by atoms with Crippen LogP contribution in [0.15, 0.2) is 0 Å². The summed E-state index contributed by atoms with van der Waals surface area (Å²) < 4.78 is -0.536. The van der Waals surface area contributed by atoms with E-state index in [1.807, 2.05) is 0 Å². The van der Waals surface area contributed by atoms with Gasteiger partial charge in [-0.15, -0.1) is 0 Å². The first-order valence-electron chi connectivity index (χ1n) is 15.7. The third-order valence-electron chi connectivity index (χ3n) is 8.62. The minimum atomic E-state index is -1.42. The number of carboxylic acid groups (broad SMARTS) is 3. The molecule has 0 radical (unpaired) electrons. The number of carboxylic acids is 3. The summed E-state index contributed by atoms with van der Waals surface area (Å²) in [6, 6.07) is -3.55. The SMILES string of the molecule is CCCCCCCCCCCCCCCCCCCCCC[N+](C(C)C(=O)[O-])(C(C)C(=O)O)C(C)C(=O)O. The van der Waals surface area contributed by atoms with E-state index in [0.717, 1.165) is 19.3 Å². The van der Waals surface area contributed by atoms with E-state index in [1.165, 1.54) is 124 Å². The van der Waals surface area contributed by atoms with Crippen LogP contribution in [0.4, 0.5) is 0 Å². The molecule has 0 rings (SSSR count). The van der Waals surface area contributed by atoms with Gasteiger partial charge in [0.05, 0.1) is 12.5 Å². The lowest BCUT2D eigenvalue weighted by molar-refractivity contribution is -0.969. The molecule has 0 aliphatic rings. The lowest BCUT2D eigenvalue weighted by Gasteiger charge is -2.49. The van der Waals surface area contributed by atoms with Crippen LogP contribution < -0.4 is 5.11 Å². The molecule has 0 aromatic rings. The van der Waals surface area contributed by atoms with Gasteiger partial charge in [-0.25, -0.2) is 9.59 Å². The monoisotopic (exact) mass is 541 g/mol. The fourth-order valence-electron chi connectivity index (χ4n) is 5.84. The van der Waals surface area contributed by atoms with E-state index in [4.69, 9.17) is 0 Å². The second-order valence-corrected chi connectivity index (χ2v) is 11.5. The molecule has 0 aromatic heterocycles. The smallest absolute Gasteiger partial charge is 0.362 e. The maximum absolute atomic E-state index is 11.8. The van der Waals surface area contributed by atoms with E-state index >= 15 is 0 Å². The first kappa shape index (κ1) is 36.4. The fourth-order valence-corrected chi connectivity index (χ4v) is 5.84. The number of nitrogens with zero attached hydrogens (tertiary/aromatic N) is 1. The number of hydrogen-bond donors (Lipinski definition) is 2. The van der Waals surface area contributed by atoms with E-state index in [-0.39, 0.29) is 6.54 Å². The van der Waals surface area contributed by atoms with Crippen molar-refractivity contribution >= 4 is 17.9 Å². The highest BCUT2D eigenvalue weighted by molar-refractivity contribution is 5.76. The Labute approximate surface area is 233 Å². The number of carbonyl (C=O) groups is 3. The molecule has 38 heavy (non-hydrogen) atoms. The van der Waals surface area contributed by atoms with Gasteiger partial charge in [0.2, 0.25) is 0 Å². The average Bonchev–Trinajstić information content (AvgIpc) is 2.88. The number of quaternary nitrogens is 1. The quantitative estimate of drug-likeness (QED) is 0.0882. The second kappa shape index (κ2) is 22.2. The van der Waals surface area contributed by atoms with E-state index in [1.54, 1.807) is 0 Å². The Balaban J connectivity index is 4.02. The Morgan fingerprint density at radius 3 is 1.03 bits per heavy atom. The third-order valence-corrected chi connectivity index (χ3v) is 8.62. The van der Waals surface area contributed by atoms with Crippen LogP contribution in [0, 0.1) is 0 Å². The summed E-state index contributed by atoms with van der Waals surface area (Å²) in [6.45, 7) is 6.62. The molecule has 0 heterocycles. The Hall–Kier alpha value is -1.63. The minimum Gasteiger partial charge on any atom is -0.544 e. The van der Waals surface area contributed by atoms with Crippen LogP contribution in [-0.4, -0.2) is 57.3 Å². The largest absolute Gasteiger partial charge is 0.544 e. The molecule has 0 saturated carbocycles. The zero-order chi connectivity index (χ0) is 28.8. The number of rotatable bonds is 27. The number of unbranched alkanes of at least 4 members (excludes halogenated alkanes) is 19.